The molecule has 1 aliphatic carbocycles. The summed E-state index contributed by atoms with van der Waals surface area (Å²) in [5.41, 5.74) is 4.54. The summed E-state index contributed by atoms with van der Waals surface area (Å²) in [4.78, 5) is 0. The van der Waals surface area contributed by atoms with Gasteiger partial charge >= 0.3 is 0 Å². The summed E-state index contributed by atoms with van der Waals surface area (Å²) in [7, 11) is 0. The van der Waals surface area contributed by atoms with Crippen molar-refractivity contribution >= 4 is 0 Å². The van der Waals surface area contributed by atoms with Gasteiger partial charge in [-0.05, 0) is 73.5 Å². The molecule has 1 heteroatoms. The van der Waals surface area contributed by atoms with E-state index in [2.05, 4.69) is 54.6 Å². The molecule has 0 spiro atoms. The molecule has 1 aliphatic rings. The third-order valence-corrected chi connectivity index (χ3v) is 6.30. The van der Waals surface area contributed by atoms with Gasteiger partial charge in [0.25, 0.3) is 0 Å². The Kier molecular flexibility index (Phi) is 8.39. The first-order valence-corrected chi connectivity index (χ1v) is 11.1. The third-order valence-electron chi connectivity index (χ3n) is 6.30. The van der Waals surface area contributed by atoms with Crippen LogP contribution in [0.2, 0.25) is 0 Å². The van der Waals surface area contributed by atoms with E-state index in [4.69, 9.17) is 0 Å². The standard InChI is InChI=1S/C26H35F/c27-21-9-4-2-1-3-6-10-22-13-15-24(16-14-22)26-19-17-25(18-20-26)23-11-7-5-8-12-23/h5,7-8,11-16,25-26H,1-4,6,9-10,17-21H2. The van der Waals surface area contributed by atoms with Gasteiger partial charge in [0.1, 0.15) is 0 Å². The van der Waals surface area contributed by atoms with Crippen LogP contribution in [-0.4, -0.2) is 6.67 Å². The van der Waals surface area contributed by atoms with Crippen LogP contribution >= 0.6 is 0 Å². The summed E-state index contributed by atoms with van der Waals surface area (Å²) in [6.45, 7) is -0.153. The summed E-state index contributed by atoms with van der Waals surface area (Å²) in [5.74, 6) is 1.50. The van der Waals surface area contributed by atoms with E-state index in [0.29, 0.717) is 0 Å². The minimum Gasteiger partial charge on any atom is -0.251 e. The first kappa shape index (κ1) is 20.1. The Labute approximate surface area is 165 Å². The highest BCUT2D eigenvalue weighted by Crippen LogP contribution is 2.40. The minimum atomic E-state index is -0.153. The molecule has 3 rings (SSSR count). The van der Waals surface area contributed by atoms with Crippen LogP contribution in [0.1, 0.15) is 92.7 Å². The van der Waals surface area contributed by atoms with Crippen molar-refractivity contribution in [2.45, 2.75) is 82.5 Å². The minimum absolute atomic E-state index is 0.153. The molecule has 0 N–H and O–H groups in total. The Morgan fingerprint density at radius 2 is 1.11 bits per heavy atom. The maximum Gasteiger partial charge on any atom is 0.0894 e. The van der Waals surface area contributed by atoms with Crippen molar-refractivity contribution in [2.24, 2.45) is 0 Å². The number of hydrogen-bond acceptors (Lipinski definition) is 0. The van der Waals surface area contributed by atoms with Crippen LogP contribution in [0.15, 0.2) is 54.6 Å². The molecule has 0 unspecified atom stereocenters. The molecule has 0 nitrogen and oxygen atoms in total. The molecule has 0 saturated heterocycles. The van der Waals surface area contributed by atoms with E-state index in [1.807, 2.05) is 0 Å². The van der Waals surface area contributed by atoms with Gasteiger partial charge in [-0.25, -0.2) is 0 Å². The zero-order valence-electron chi connectivity index (χ0n) is 16.7. The normalized spacial score (nSPS) is 19.9. The molecular weight excluding hydrogens is 331 g/mol. The maximum atomic E-state index is 12.1. The van der Waals surface area contributed by atoms with Crippen LogP contribution in [0, 0.1) is 0 Å². The summed E-state index contributed by atoms with van der Waals surface area (Å²) >= 11 is 0. The summed E-state index contributed by atoms with van der Waals surface area (Å²) in [6.07, 6.45) is 13.2. The van der Waals surface area contributed by atoms with Crippen molar-refractivity contribution in [2.75, 3.05) is 6.67 Å². The lowest BCUT2D eigenvalue weighted by Crippen LogP contribution is -2.12. The molecular formula is C26H35F. The molecule has 2 aromatic carbocycles. The Hall–Kier alpha value is -1.63. The van der Waals surface area contributed by atoms with Crippen molar-refractivity contribution < 1.29 is 4.39 Å². The number of rotatable bonds is 10. The third kappa shape index (κ3) is 6.48. The second-order valence-electron chi connectivity index (χ2n) is 8.26. The van der Waals surface area contributed by atoms with Crippen LogP contribution < -0.4 is 0 Å². The zero-order valence-corrected chi connectivity index (χ0v) is 16.7. The van der Waals surface area contributed by atoms with Crippen molar-refractivity contribution in [3.63, 3.8) is 0 Å². The van der Waals surface area contributed by atoms with Crippen LogP contribution in [0.3, 0.4) is 0 Å². The Morgan fingerprint density at radius 3 is 1.70 bits per heavy atom. The van der Waals surface area contributed by atoms with E-state index in [-0.39, 0.29) is 6.67 Å². The molecule has 0 bridgehead atoms. The summed E-state index contributed by atoms with van der Waals surface area (Å²) in [5, 5.41) is 0. The highest BCUT2D eigenvalue weighted by molar-refractivity contribution is 5.27. The van der Waals surface area contributed by atoms with E-state index in [9.17, 15) is 4.39 Å². The lowest BCUT2D eigenvalue weighted by molar-refractivity contribution is 0.396. The van der Waals surface area contributed by atoms with Gasteiger partial charge in [-0.3, -0.25) is 4.39 Å². The van der Waals surface area contributed by atoms with Crippen molar-refractivity contribution in [1.29, 1.82) is 0 Å². The number of benzene rings is 2. The largest absolute Gasteiger partial charge is 0.251 e. The average molecular weight is 367 g/mol. The number of halogens is 1. The van der Waals surface area contributed by atoms with Gasteiger partial charge in [0.15, 0.2) is 0 Å². The number of alkyl halides is 1. The predicted octanol–water partition coefficient (Wildman–Crippen LogP) is 7.98. The van der Waals surface area contributed by atoms with Crippen LogP contribution in [-0.2, 0) is 6.42 Å². The monoisotopic (exact) mass is 366 g/mol. The highest BCUT2D eigenvalue weighted by atomic mass is 19.1. The Balaban J connectivity index is 1.38. The summed E-state index contributed by atoms with van der Waals surface area (Å²) in [6, 6.07) is 20.5. The first-order valence-electron chi connectivity index (χ1n) is 11.1. The predicted molar refractivity (Wildman–Crippen MR) is 114 cm³/mol. The maximum absolute atomic E-state index is 12.1. The van der Waals surface area contributed by atoms with E-state index >= 15 is 0 Å². The van der Waals surface area contributed by atoms with Gasteiger partial charge in [0.05, 0.1) is 6.67 Å². The smallest absolute Gasteiger partial charge is 0.0894 e. The Bertz CT molecular complexity index is 623. The number of hydrogen-bond donors (Lipinski definition) is 0. The van der Waals surface area contributed by atoms with E-state index in [1.54, 1.807) is 0 Å². The second-order valence-corrected chi connectivity index (χ2v) is 8.26. The molecule has 0 aliphatic heterocycles. The van der Waals surface area contributed by atoms with E-state index in [0.717, 1.165) is 24.7 Å². The lowest BCUT2D eigenvalue weighted by Gasteiger charge is -2.29. The Morgan fingerprint density at radius 1 is 0.593 bits per heavy atom. The number of aryl methyl sites for hydroxylation is 1. The van der Waals surface area contributed by atoms with Crippen molar-refractivity contribution in [3.05, 3.63) is 71.3 Å². The fourth-order valence-corrected chi connectivity index (χ4v) is 4.57. The molecule has 0 radical (unpaired) electrons. The van der Waals surface area contributed by atoms with E-state index < -0.39 is 0 Å². The molecule has 0 heterocycles. The zero-order chi connectivity index (χ0) is 18.7. The van der Waals surface area contributed by atoms with Crippen molar-refractivity contribution in [1.82, 2.24) is 0 Å². The highest BCUT2D eigenvalue weighted by Gasteiger charge is 2.23. The second kappa shape index (κ2) is 11.3. The van der Waals surface area contributed by atoms with Gasteiger partial charge in [0.2, 0.25) is 0 Å². The first-order chi connectivity index (χ1) is 13.4. The SMILES string of the molecule is FCCCCCCCCc1ccc(C2CCC(c3ccccc3)CC2)cc1. The molecule has 27 heavy (non-hydrogen) atoms. The van der Waals surface area contributed by atoms with Gasteiger partial charge in [-0.1, -0.05) is 80.3 Å². The fraction of sp³-hybridized carbons (Fsp3) is 0.538. The molecule has 1 saturated carbocycles. The molecule has 146 valence electrons. The molecule has 0 aromatic heterocycles. The van der Waals surface area contributed by atoms with Crippen LogP contribution in [0.5, 0.6) is 0 Å². The lowest BCUT2D eigenvalue weighted by atomic mass is 9.76. The van der Waals surface area contributed by atoms with Crippen LogP contribution in [0.25, 0.3) is 0 Å². The fourth-order valence-electron chi connectivity index (χ4n) is 4.57. The van der Waals surface area contributed by atoms with Gasteiger partial charge in [0, 0.05) is 0 Å². The van der Waals surface area contributed by atoms with Crippen LogP contribution in [0.4, 0.5) is 4.39 Å². The summed E-state index contributed by atoms with van der Waals surface area (Å²) < 4.78 is 12.1. The molecule has 0 amide bonds. The molecule has 0 atom stereocenters. The topological polar surface area (TPSA) is 0 Å². The molecule has 2 aromatic rings. The number of unbranched alkanes of at least 4 members (excludes halogenated alkanes) is 5. The van der Waals surface area contributed by atoms with Gasteiger partial charge in [-0.15, -0.1) is 0 Å². The van der Waals surface area contributed by atoms with E-state index in [1.165, 1.54) is 74.5 Å². The van der Waals surface area contributed by atoms with Gasteiger partial charge in [-0.2, -0.15) is 0 Å². The van der Waals surface area contributed by atoms with Crippen molar-refractivity contribution in [3.8, 4) is 0 Å². The average Bonchev–Trinajstić information content (AvgIpc) is 2.74. The van der Waals surface area contributed by atoms with Gasteiger partial charge < -0.3 is 0 Å². The quantitative estimate of drug-likeness (QED) is 0.374. The molecule has 1 fully saturated rings.